The third-order valence-corrected chi connectivity index (χ3v) is 5.38. The number of urea groups is 1. The van der Waals surface area contributed by atoms with Gasteiger partial charge in [-0.15, -0.1) is 0 Å². The van der Waals surface area contributed by atoms with Crippen molar-refractivity contribution in [2.24, 2.45) is 5.92 Å². The number of benzene rings is 1. The largest absolute Gasteiger partial charge is 0.328 e. The molecule has 0 radical (unpaired) electrons. The standard InChI is InChI=1S/C21H30N4O/c1-4-23(5-2)21(26)24-12-11-19(15-24)13-20-22-14-17(3)25(20)16-18-9-7-6-8-10-18/h6-10,14,19H,4-5,11-13,15-16H2,1-3H3. The zero-order valence-corrected chi connectivity index (χ0v) is 16.2. The van der Waals surface area contributed by atoms with Gasteiger partial charge in [-0.2, -0.15) is 0 Å². The van der Waals surface area contributed by atoms with E-state index in [4.69, 9.17) is 0 Å². The van der Waals surface area contributed by atoms with E-state index in [-0.39, 0.29) is 6.03 Å². The summed E-state index contributed by atoms with van der Waals surface area (Å²) in [6.45, 7) is 10.3. The zero-order chi connectivity index (χ0) is 18.5. The lowest BCUT2D eigenvalue weighted by Gasteiger charge is -2.26. The van der Waals surface area contributed by atoms with Gasteiger partial charge in [0, 0.05) is 51.0 Å². The van der Waals surface area contributed by atoms with Gasteiger partial charge in [-0.3, -0.25) is 0 Å². The van der Waals surface area contributed by atoms with Gasteiger partial charge < -0.3 is 14.4 Å². The summed E-state index contributed by atoms with van der Waals surface area (Å²) in [6.07, 6.45) is 3.96. The molecule has 1 fully saturated rings. The molecule has 2 amide bonds. The average molecular weight is 354 g/mol. The molecule has 1 aliphatic rings. The highest BCUT2D eigenvalue weighted by molar-refractivity contribution is 5.74. The molecule has 1 saturated heterocycles. The smallest absolute Gasteiger partial charge is 0.319 e. The molecule has 0 N–H and O–H groups in total. The Labute approximate surface area is 156 Å². The first-order valence-corrected chi connectivity index (χ1v) is 9.71. The number of carbonyl (C=O) groups is 1. The Balaban J connectivity index is 1.64. The van der Waals surface area contributed by atoms with Crippen molar-refractivity contribution < 1.29 is 4.79 Å². The third-order valence-electron chi connectivity index (χ3n) is 5.38. The molecule has 1 aromatic carbocycles. The molecule has 0 saturated carbocycles. The van der Waals surface area contributed by atoms with Gasteiger partial charge >= 0.3 is 6.03 Å². The van der Waals surface area contributed by atoms with Crippen molar-refractivity contribution in [3.05, 3.63) is 53.6 Å². The van der Waals surface area contributed by atoms with Crippen LogP contribution in [0.25, 0.3) is 0 Å². The number of carbonyl (C=O) groups excluding carboxylic acids is 1. The minimum absolute atomic E-state index is 0.182. The second-order valence-electron chi connectivity index (χ2n) is 7.15. The number of aryl methyl sites for hydroxylation is 1. The van der Waals surface area contributed by atoms with Crippen molar-refractivity contribution in [3.63, 3.8) is 0 Å². The maximum Gasteiger partial charge on any atom is 0.319 e. The molecular weight excluding hydrogens is 324 g/mol. The highest BCUT2D eigenvalue weighted by Crippen LogP contribution is 2.22. The first-order chi connectivity index (χ1) is 12.6. The summed E-state index contributed by atoms with van der Waals surface area (Å²) in [6, 6.07) is 10.7. The van der Waals surface area contributed by atoms with Gasteiger partial charge in [0.2, 0.25) is 0 Å². The van der Waals surface area contributed by atoms with Crippen LogP contribution in [0.2, 0.25) is 0 Å². The molecule has 3 rings (SSSR count). The maximum atomic E-state index is 12.5. The van der Waals surface area contributed by atoms with E-state index in [9.17, 15) is 4.79 Å². The van der Waals surface area contributed by atoms with E-state index in [1.165, 1.54) is 11.3 Å². The number of hydrogen-bond acceptors (Lipinski definition) is 2. The molecule has 2 aromatic rings. The lowest BCUT2D eigenvalue weighted by molar-refractivity contribution is 0.166. The molecule has 1 aromatic heterocycles. The number of likely N-dealkylation sites (tertiary alicyclic amines) is 1. The zero-order valence-electron chi connectivity index (χ0n) is 16.2. The number of aromatic nitrogens is 2. The van der Waals surface area contributed by atoms with Crippen LogP contribution in [0.5, 0.6) is 0 Å². The molecule has 0 aliphatic carbocycles. The molecule has 1 atom stereocenters. The van der Waals surface area contributed by atoms with Gasteiger partial charge in [-0.05, 0) is 38.7 Å². The van der Waals surface area contributed by atoms with Crippen molar-refractivity contribution in [2.75, 3.05) is 26.2 Å². The van der Waals surface area contributed by atoms with Gasteiger partial charge in [0.1, 0.15) is 5.82 Å². The maximum absolute atomic E-state index is 12.5. The molecule has 0 spiro atoms. The van der Waals surface area contributed by atoms with Gasteiger partial charge in [0.15, 0.2) is 0 Å². The summed E-state index contributed by atoms with van der Waals surface area (Å²) in [5, 5.41) is 0. The molecular formula is C21H30N4O. The number of amides is 2. The van der Waals surface area contributed by atoms with E-state index in [0.717, 1.165) is 51.4 Å². The molecule has 5 nitrogen and oxygen atoms in total. The molecule has 5 heteroatoms. The fourth-order valence-electron chi connectivity index (χ4n) is 3.78. The predicted octanol–water partition coefficient (Wildman–Crippen LogP) is 3.57. The average Bonchev–Trinajstić information content (AvgIpc) is 3.26. The Morgan fingerprint density at radius 1 is 1.23 bits per heavy atom. The second-order valence-corrected chi connectivity index (χ2v) is 7.15. The SMILES string of the molecule is CCN(CC)C(=O)N1CCC(Cc2ncc(C)n2Cc2ccccc2)C1. The molecule has 1 aliphatic heterocycles. The molecule has 1 unspecified atom stereocenters. The Kier molecular flexibility index (Phi) is 5.96. The predicted molar refractivity (Wildman–Crippen MR) is 104 cm³/mol. The lowest BCUT2D eigenvalue weighted by Crippen LogP contribution is -2.42. The van der Waals surface area contributed by atoms with Crippen molar-refractivity contribution in [3.8, 4) is 0 Å². The van der Waals surface area contributed by atoms with E-state index in [2.05, 4.69) is 40.7 Å². The lowest BCUT2D eigenvalue weighted by atomic mass is 10.0. The highest BCUT2D eigenvalue weighted by atomic mass is 16.2. The summed E-state index contributed by atoms with van der Waals surface area (Å²) >= 11 is 0. The van der Waals surface area contributed by atoms with E-state index >= 15 is 0 Å². The molecule has 0 bridgehead atoms. The van der Waals surface area contributed by atoms with E-state index < -0.39 is 0 Å². The number of hydrogen-bond donors (Lipinski definition) is 0. The summed E-state index contributed by atoms with van der Waals surface area (Å²) in [4.78, 5) is 21.1. The third kappa shape index (κ3) is 4.09. The van der Waals surface area contributed by atoms with Crippen LogP contribution in [0, 0.1) is 12.8 Å². The van der Waals surface area contributed by atoms with E-state index in [1.807, 2.05) is 35.9 Å². The topological polar surface area (TPSA) is 41.4 Å². The van der Waals surface area contributed by atoms with Crippen LogP contribution >= 0.6 is 0 Å². The van der Waals surface area contributed by atoms with Crippen LogP contribution in [0.1, 0.15) is 37.4 Å². The Morgan fingerprint density at radius 3 is 2.65 bits per heavy atom. The fraction of sp³-hybridized carbons (Fsp3) is 0.524. The van der Waals surface area contributed by atoms with Gasteiger partial charge in [-0.25, -0.2) is 9.78 Å². The number of rotatable bonds is 6. The van der Waals surface area contributed by atoms with Crippen LogP contribution in [-0.2, 0) is 13.0 Å². The number of nitrogens with zero attached hydrogens (tertiary/aromatic N) is 4. The van der Waals surface area contributed by atoms with Gasteiger partial charge in [0.25, 0.3) is 0 Å². The molecule has 2 heterocycles. The Morgan fingerprint density at radius 2 is 1.96 bits per heavy atom. The van der Waals surface area contributed by atoms with Crippen molar-refractivity contribution in [1.29, 1.82) is 0 Å². The molecule has 26 heavy (non-hydrogen) atoms. The van der Waals surface area contributed by atoms with Crippen LogP contribution in [0.15, 0.2) is 36.5 Å². The Bertz CT molecular complexity index is 721. The first kappa shape index (κ1) is 18.5. The fourth-order valence-corrected chi connectivity index (χ4v) is 3.78. The minimum Gasteiger partial charge on any atom is -0.328 e. The van der Waals surface area contributed by atoms with Crippen molar-refractivity contribution in [2.45, 2.75) is 40.2 Å². The first-order valence-electron chi connectivity index (χ1n) is 9.71. The summed E-state index contributed by atoms with van der Waals surface area (Å²) in [5.41, 5.74) is 2.48. The van der Waals surface area contributed by atoms with Gasteiger partial charge in [0.05, 0.1) is 0 Å². The number of imidazole rings is 1. The summed E-state index contributed by atoms with van der Waals surface area (Å²) < 4.78 is 2.31. The second kappa shape index (κ2) is 8.39. The van der Waals surface area contributed by atoms with E-state index in [0.29, 0.717) is 5.92 Å². The monoisotopic (exact) mass is 354 g/mol. The molecule has 140 valence electrons. The summed E-state index contributed by atoms with van der Waals surface area (Å²) in [5.74, 6) is 1.62. The van der Waals surface area contributed by atoms with Crippen molar-refractivity contribution in [1.82, 2.24) is 19.4 Å². The van der Waals surface area contributed by atoms with Crippen LogP contribution in [0.4, 0.5) is 4.79 Å². The van der Waals surface area contributed by atoms with E-state index in [1.54, 1.807) is 0 Å². The van der Waals surface area contributed by atoms with Crippen LogP contribution < -0.4 is 0 Å². The van der Waals surface area contributed by atoms with Crippen molar-refractivity contribution >= 4 is 6.03 Å². The Hall–Kier alpha value is -2.30. The van der Waals surface area contributed by atoms with Crippen LogP contribution in [-0.4, -0.2) is 51.6 Å². The quantitative estimate of drug-likeness (QED) is 0.796. The summed E-state index contributed by atoms with van der Waals surface area (Å²) in [7, 11) is 0. The van der Waals surface area contributed by atoms with Crippen LogP contribution in [0.3, 0.4) is 0 Å². The highest BCUT2D eigenvalue weighted by Gasteiger charge is 2.29. The van der Waals surface area contributed by atoms with Gasteiger partial charge in [-0.1, -0.05) is 30.3 Å². The minimum atomic E-state index is 0.182. The normalized spacial score (nSPS) is 16.9.